The van der Waals surface area contributed by atoms with Gasteiger partial charge < -0.3 is 15.4 Å². The Morgan fingerprint density at radius 3 is 2.50 bits per heavy atom. The summed E-state index contributed by atoms with van der Waals surface area (Å²) in [5, 5.41) is 8.75. The van der Waals surface area contributed by atoms with E-state index in [1.807, 2.05) is 29.6 Å². The van der Waals surface area contributed by atoms with Crippen molar-refractivity contribution in [3.63, 3.8) is 0 Å². The molecular weight excluding hydrogens is 398 g/mol. The van der Waals surface area contributed by atoms with Gasteiger partial charge >= 0.3 is 0 Å². The molecule has 0 bridgehead atoms. The van der Waals surface area contributed by atoms with Crippen molar-refractivity contribution in [2.45, 2.75) is 6.42 Å². The average molecular weight is 416 g/mol. The van der Waals surface area contributed by atoms with Gasteiger partial charge in [0.25, 0.3) is 0 Å². The molecule has 6 nitrogen and oxygen atoms in total. The number of halogens is 1. The normalized spacial score (nSPS) is 10.5. The van der Waals surface area contributed by atoms with Gasteiger partial charge in [-0.15, -0.1) is 11.3 Å². The molecule has 2 aromatic carbocycles. The minimum atomic E-state index is -0.263. The number of anilines is 2. The molecule has 2 N–H and O–H groups in total. The largest absolute Gasteiger partial charge is 0.375 e. The van der Waals surface area contributed by atoms with E-state index in [0.29, 0.717) is 22.1 Å². The lowest BCUT2D eigenvalue weighted by Crippen LogP contribution is -2.18. The van der Waals surface area contributed by atoms with E-state index in [4.69, 9.17) is 16.3 Å². The summed E-state index contributed by atoms with van der Waals surface area (Å²) in [6, 6.07) is 14.4. The monoisotopic (exact) mass is 415 g/mol. The second kappa shape index (κ2) is 9.45. The molecule has 0 unspecified atom stereocenters. The highest BCUT2D eigenvalue weighted by atomic mass is 35.5. The zero-order chi connectivity index (χ0) is 19.9. The summed E-state index contributed by atoms with van der Waals surface area (Å²) in [4.78, 5) is 28.4. The third kappa shape index (κ3) is 5.39. The number of amides is 2. The number of nitrogens with one attached hydrogen (secondary N) is 2. The molecule has 0 fully saturated rings. The molecule has 0 aliphatic carbocycles. The van der Waals surface area contributed by atoms with Crippen molar-refractivity contribution >= 4 is 46.1 Å². The van der Waals surface area contributed by atoms with Crippen molar-refractivity contribution in [3.05, 3.63) is 64.6 Å². The number of nitrogens with zero attached hydrogens (tertiary/aromatic N) is 1. The lowest BCUT2D eigenvalue weighted by molar-refractivity contribution is -0.119. The number of thiazole rings is 1. The Kier molecular flexibility index (Phi) is 6.76. The van der Waals surface area contributed by atoms with Crippen molar-refractivity contribution in [3.8, 4) is 10.6 Å². The van der Waals surface area contributed by atoms with Gasteiger partial charge in [-0.25, -0.2) is 4.98 Å². The predicted molar refractivity (Wildman–Crippen MR) is 112 cm³/mol. The first kappa shape index (κ1) is 20.0. The molecule has 2 amide bonds. The Balaban J connectivity index is 1.62. The van der Waals surface area contributed by atoms with Crippen LogP contribution in [-0.2, 0) is 20.7 Å². The second-order valence-corrected chi connectivity index (χ2v) is 7.18. The molecule has 0 saturated heterocycles. The third-order valence-electron chi connectivity index (χ3n) is 3.70. The van der Waals surface area contributed by atoms with Gasteiger partial charge in [-0.2, -0.15) is 0 Å². The number of hydrogen-bond donors (Lipinski definition) is 2. The highest BCUT2D eigenvalue weighted by Crippen LogP contribution is 2.30. The lowest BCUT2D eigenvalue weighted by atomic mass is 10.2. The first-order chi connectivity index (χ1) is 13.5. The highest BCUT2D eigenvalue weighted by molar-refractivity contribution is 7.13. The van der Waals surface area contributed by atoms with Gasteiger partial charge in [0.2, 0.25) is 11.8 Å². The number of hydrogen-bond acceptors (Lipinski definition) is 5. The number of aromatic nitrogens is 1. The summed E-state index contributed by atoms with van der Waals surface area (Å²) in [6.07, 6.45) is 0.140. The van der Waals surface area contributed by atoms with Crippen LogP contribution in [-0.4, -0.2) is 30.5 Å². The summed E-state index contributed by atoms with van der Waals surface area (Å²) in [7, 11) is 1.45. The van der Waals surface area contributed by atoms with Crippen LogP contribution >= 0.6 is 22.9 Å². The summed E-state index contributed by atoms with van der Waals surface area (Å²) < 4.78 is 4.78. The Labute approximate surface area is 171 Å². The van der Waals surface area contributed by atoms with Gasteiger partial charge in [0.1, 0.15) is 11.6 Å². The number of rotatable bonds is 7. The van der Waals surface area contributed by atoms with Gasteiger partial charge in [0.05, 0.1) is 17.1 Å². The molecule has 0 atom stereocenters. The fraction of sp³-hybridized carbons (Fsp3) is 0.150. The van der Waals surface area contributed by atoms with Gasteiger partial charge in [0.15, 0.2) is 0 Å². The zero-order valence-electron chi connectivity index (χ0n) is 15.1. The minimum Gasteiger partial charge on any atom is -0.375 e. The maximum Gasteiger partial charge on any atom is 0.250 e. The smallest absolute Gasteiger partial charge is 0.250 e. The summed E-state index contributed by atoms with van der Waals surface area (Å²) >= 11 is 7.65. The van der Waals surface area contributed by atoms with Crippen molar-refractivity contribution in [1.29, 1.82) is 0 Å². The molecule has 0 spiro atoms. The van der Waals surface area contributed by atoms with E-state index < -0.39 is 0 Å². The van der Waals surface area contributed by atoms with Crippen LogP contribution in [0.2, 0.25) is 5.02 Å². The Hall–Kier alpha value is -2.74. The minimum absolute atomic E-state index is 0.0336. The Bertz CT molecular complexity index is 990. The van der Waals surface area contributed by atoms with Crippen molar-refractivity contribution in [1.82, 2.24) is 4.98 Å². The van der Waals surface area contributed by atoms with E-state index in [-0.39, 0.29) is 24.8 Å². The third-order valence-corrected chi connectivity index (χ3v) is 4.96. The highest BCUT2D eigenvalue weighted by Gasteiger charge is 2.11. The van der Waals surface area contributed by atoms with Crippen LogP contribution in [0.15, 0.2) is 53.9 Å². The fourth-order valence-electron chi connectivity index (χ4n) is 2.52. The van der Waals surface area contributed by atoms with E-state index in [1.54, 1.807) is 24.3 Å². The molecule has 0 radical (unpaired) electrons. The molecule has 1 heterocycles. The molecule has 0 saturated carbocycles. The molecule has 1 aromatic heterocycles. The Morgan fingerprint density at radius 1 is 1.07 bits per heavy atom. The molecule has 8 heteroatoms. The van der Waals surface area contributed by atoms with Crippen LogP contribution in [0, 0.1) is 0 Å². The number of benzene rings is 2. The first-order valence-corrected chi connectivity index (χ1v) is 9.69. The van der Waals surface area contributed by atoms with Crippen LogP contribution in [0.1, 0.15) is 5.69 Å². The van der Waals surface area contributed by atoms with Crippen LogP contribution in [0.25, 0.3) is 10.6 Å². The molecule has 0 aliphatic heterocycles. The van der Waals surface area contributed by atoms with Crippen LogP contribution in [0.3, 0.4) is 0 Å². The quantitative estimate of drug-likeness (QED) is 0.605. The van der Waals surface area contributed by atoms with E-state index in [9.17, 15) is 9.59 Å². The molecule has 28 heavy (non-hydrogen) atoms. The fourth-order valence-corrected chi connectivity index (χ4v) is 3.66. The van der Waals surface area contributed by atoms with Crippen LogP contribution in [0.4, 0.5) is 11.4 Å². The van der Waals surface area contributed by atoms with Crippen molar-refractivity contribution in [2.24, 2.45) is 0 Å². The predicted octanol–water partition coefficient (Wildman–Crippen LogP) is 4.23. The van der Waals surface area contributed by atoms with E-state index in [0.717, 1.165) is 10.6 Å². The standard InChI is InChI=1S/C20H18ClN3O3S/c1-27-11-19(26)23-14-6-4-5-13(9-14)22-18(25)10-15-12-28-20(24-15)16-7-2-3-8-17(16)21/h2-9,12H,10-11H2,1H3,(H,22,25)(H,23,26). The molecule has 144 valence electrons. The number of carbonyl (C=O) groups excluding carboxylic acids is 2. The van der Waals surface area contributed by atoms with Gasteiger partial charge in [-0.3, -0.25) is 9.59 Å². The molecule has 3 aromatic rings. The summed E-state index contributed by atoms with van der Waals surface area (Å²) in [5.41, 5.74) is 2.68. The van der Waals surface area contributed by atoms with E-state index >= 15 is 0 Å². The number of carbonyl (C=O) groups is 2. The van der Waals surface area contributed by atoms with Crippen LogP contribution < -0.4 is 10.6 Å². The first-order valence-electron chi connectivity index (χ1n) is 8.43. The number of methoxy groups -OCH3 is 1. The van der Waals surface area contributed by atoms with Crippen molar-refractivity contribution < 1.29 is 14.3 Å². The maximum atomic E-state index is 12.4. The topological polar surface area (TPSA) is 80.3 Å². The molecule has 0 aliphatic rings. The molecular formula is C20H18ClN3O3S. The summed E-state index contributed by atoms with van der Waals surface area (Å²) in [6.45, 7) is -0.0336. The molecule has 3 rings (SSSR count). The number of ether oxygens (including phenoxy) is 1. The maximum absolute atomic E-state index is 12.4. The average Bonchev–Trinajstić information content (AvgIpc) is 3.10. The van der Waals surface area contributed by atoms with Gasteiger partial charge in [-0.1, -0.05) is 35.9 Å². The second-order valence-electron chi connectivity index (χ2n) is 5.91. The van der Waals surface area contributed by atoms with Crippen molar-refractivity contribution in [2.75, 3.05) is 24.4 Å². The van der Waals surface area contributed by atoms with E-state index in [2.05, 4.69) is 15.6 Å². The lowest BCUT2D eigenvalue weighted by Gasteiger charge is -2.08. The SMILES string of the molecule is COCC(=O)Nc1cccc(NC(=O)Cc2csc(-c3ccccc3Cl)n2)c1. The van der Waals surface area contributed by atoms with Gasteiger partial charge in [-0.05, 0) is 24.3 Å². The van der Waals surface area contributed by atoms with E-state index in [1.165, 1.54) is 18.4 Å². The Morgan fingerprint density at radius 2 is 1.79 bits per heavy atom. The van der Waals surface area contributed by atoms with Gasteiger partial charge in [0, 0.05) is 29.4 Å². The zero-order valence-corrected chi connectivity index (χ0v) is 16.6. The summed E-state index contributed by atoms with van der Waals surface area (Å²) in [5.74, 6) is -0.461. The van der Waals surface area contributed by atoms with Crippen LogP contribution in [0.5, 0.6) is 0 Å².